The topological polar surface area (TPSA) is 105 Å². The van der Waals surface area contributed by atoms with Gasteiger partial charge in [0, 0.05) is 6.92 Å². The minimum atomic E-state index is -0.763. The first kappa shape index (κ1) is 12.9. The smallest absolute Gasteiger partial charge is 0.330 e. The van der Waals surface area contributed by atoms with Gasteiger partial charge in [0.05, 0.1) is 0 Å². The van der Waals surface area contributed by atoms with Crippen LogP contribution in [0.25, 0.3) is 0 Å². The lowest BCUT2D eigenvalue weighted by atomic mass is 10.1. The van der Waals surface area contributed by atoms with Crippen molar-refractivity contribution in [2.24, 2.45) is 11.5 Å². The molecule has 0 radical (unpaired) electrons. The van der Waals surface area contributed by atoms with E-state index in [0.29, 0.717) is 13.0 Å². The largest absolute Gasteiger partial charge is 0.372 e. The van der Waals surface area contributed by atoms with Crippen LogP contribution in [0.15, 0.2) is 0 Å². The molecule has 0 heterocycles. The van der Waals surface area contributed by atoms with Crippen molar-refractivity contribution in [2.45, 2.75) is 32.2 Å². The van der Waals surface area contributed by atoms with Crippen molar-refractivity contribution in [3.05, 3.63) is 0 Å². The average Bonchev–Trinajstić information content (AvgIpc) is 2.14. The van der Waals surface area contributed by atoms with Gasteiger partial charge >= 0.3 is 11.9 Å². The Bertz CT molecular complexity index is 196. The molecule has 6 nitrogen and oxygen atoms in total. The van der Waals surface area contributed by atoms with Crippen LogP contribution in [0.5, 0.6) is 0 Å². The Kier molecular flexibility index (Phi) is 6.69. The monoisotopic (exact) mass is 204 g/mol. The number of rotatable bonds is 5. The van der Waals surface area contributed by atoms with Crippen molar-refractivity contribution in [3.63, 3.8) is 0 Å². The number of carbonyl (C=O) groups is 2. The van der Waals surface area contributed by atoms with Crippen LogP contribution in [0.3, 0.4) is 0 Å². The Balaban J connectivity index is 3.59. The van der Waals surface area contributed by atoms with Crippen molar-refractivity contribution in [2.75, 3.05) is 6.54 Å². The van der Waals surface area contributed by atoms with Gasteiger partial charge in [0.15, 0.2) is 0 Å². The molecule has 0 aliphatic heterocycles. The molecule has 0 aromatic heterocycles. The van der Waals surface area contributed by atoms with Crippen LogP contribution >= 0.6 is 0 Å². The molecule has 0 unspecified atom stereocenters. The third-order valence-corrected chi connectivity index (χ3v) is 1.51. The van der Waals surface area contributed by atoms with E-state index >= 15 is 0 Å². The normalized spacial score (nSPS) is 11.9. The summed E-state index contributed by atoms with van der Waals surface area (Å²) in [6.45, 7) is 1.69. The first-order valence-corrected chi connectivity index (χ1v) is 4.42. The lowest BCUT2D eigenvalue weighted by molar-refractivity contribution is -0.258. The van der Waals surface area contributed by atoms with Crippen LogP contribution in [0, 0.1) is 0 Å². The molecule has 0 rings (SSSR count). The standard InChI is InChI=1S/C8H16N2O4/c1-6(11)13-14-8(12)7(10)4-2-3-5-9/h7H,2-5,9-10H2,1H3/t7-/m0/s1. The van der Waals surface area contributed by atoms with Gasteiger partial charge in [-0.05, 0) is 19.4 Å². The van der Waals surface area contributed by atoms with E-state index in [9.17, 15) is 9.59 Å². The third-order valence-electron chi connectivity index (χ3n) is 1.51. The Morgan fingerprint density at radius 3 is 2.43 bits per heavy atom. The van der Waals surface area contributed by atoms with E-state index in [4.69, 9.17) is 11.5 Å². The molecule has 0 bridgehead atoms. The van der Waals surface area contributed by atoms with E-state index in [0.717, 1.165) is 19.8 Å². The van der Waals surface area contributed by atoms with Gasteiger partial charge in [-0.2, -0.15) is 0 Å². The molecule has 1 atom stereocenters. The van der Waals surface area contributed by atoms with Gasteiger partial charge in [0.1, 0.15) is 6.04 Å². The zero-order chi connectivity index (χ0) is 11.0. The fourth-order valence-corrected chi connectivity index (χ4v) is 0.788. The Morgan fingerprint density at radius 2 is 1.93 bits per heavy atom. The lowest BCUT2D eigenvalue weighted by Crippen LogP contribution is -2.32. The zero-order valence-electron chi connectivity index (χ0n) is 8.19. The number of hydrogen-bond donors (Lipinski definition) is 2. The zero-order valence-corrected chi connectivity index (χ0v) is 8.19. The van der Waals surface area contributed by atoms with Gasteiger partial charge in [-0.3, -0.25) is 0 Å². The van der Waals surface area contributed by atoms with Crippen LogP contribution in [0.2, 0.25) is 0 Å². The van der Waals surface area contributed by atoms with Crippen LogP contribution in [0.4, 0.5) is 0 Å². The van der Waals surface area contributed by atoms with Gasteiger partial charge in [-0.1, -0.05) is 6.42 Å². The van der Waals surface area contributed by atoms with Crippen molar-refractivity contribution in [3.8, 4) is 0 Å². The summed E-state index contributed by atoms with van der Waals surface area (Å²) in [5, 5.41) is 0. The quantitative estimate of drug-likeness (QED) is 0.354. The van der Waals surface area contributed by atoms with Crippen molar-refractivity contribution >= 4 is 11.9 Å². The van der Waals surface area contributed by atoms with E-state index in [1.165, 1.54) is 0 Å². The number of hydrogen-bond acceptors (Lipinski definition) is 6. The molecule has 0 aromatic rings. The molecular formula is C8H16N2O4. The first-order valence-electron chi connectivity index (χ1n) is 4.42. The van der Waals surface area contributed by atoms with E-state index in [1.807, 2.05) is 0 Å². The minimum absolute atomic E-state index is 0.470. The predicted octanol–water partition coefficient (Wildman–Crippen LogP) is -0.536. The van der Waals surface area contributed by atoms with Crippen molar-refractivity contribution in [1.82, 2.24) is 0 Å². The van der Waals surface area contributed by atoms with Gasteiger partial charge < -0.3 is 11.5 Å². The summed E-state index contributed by atoms with van der Waals surface area (Å²) in [6, 6.07) is -0.763. The van der Waals surface area contributed by atoms with Crippen LogP contribution in [0.1, 0.15) is 26.2 Å². The summed E-state index contributed by atoms with van der Waals surface area (Å²) in [7, 11) is 0. The number of carbonyl (C=O) groups excluding carboxylic acids is 2. The molecule has 82 valence electrons. The predicted molar refractivity (Wildman–Crippen MR) is 48.7 cm³/mol. The lowest BCUT2D eigenvalue weighted by Gasteiger charge is -2.08. The van der Waals surface area contributed by atoms with Gasteiger partial charge in [0.2, 0.25) is 0 Å². The van der Waals surface area contributed by atoms with Gasteiger partial charge in [0.25, 0.3) is 0 Å². The molecule has 0 fully saturated rings. The molecule has 0 aliphatic carbocycles. The van der Waals surface area contributed by atoms with E-state index < -0.39 is 18.0 Å². The fraction of sp³-hybridized carbons (Fsp3) is 0.750. The van der Waals surface area contributed by atoms with Gasteiger partial charge in [-0.25, -0.2) is 19.4 Å². The SMILES string of the molecule is CC(=O)OOC(=O)[C@@H](N)CCCCN. The van der Waals surface area contributed by atoms with Crippen LogP contribution in [-0.2, 0) is 19.4 Å². The van der Waals surface area contributed by atoms with Crippen LogP contribution < -0.4 is 11.5 Å². The second kappa shape index (κ2) is 7.28. The highest BCUT2D eigenvalue weighted by atomic mass is 17.2. The summed E-state index contributed by atoms with van der Waals surface area (Å²) < 4.78 is 0. The molecule has 4 N–H and O–H groups in total. The van der Waals surface area contributed by atoms with E-state index in [-0.39, 0.29) is 0 Å². The molecule has 6 heteroatoms. The Labute approximate surface area is 82.5 Å². The van der Waals surface area contributed by atoms with Crippen molar-refractivity contribution < 1.29 is 19.4 Å². The maximum absolute atomic E-state index is 11.0. The highest BCUT2D eigenvalue weighted by Crippen LogP contribution is 2.00. The highest BCUT2D eigenvalue weighted by Gasteiger charge is 2.16. The summed E-state index contributed by atoms with van der Waals surface area (Å²) in [4.78, 5) is 29.4. The number of unbranched alkanes of at least 4 members (excludes halogenated alkanes) is 1. The second-order valence-corrected chi connectivity index (χ2v) is 2.87. The van der Waals surface area contributed by atoms with Crippen LogP contribution in [-0.4, -0.2) is 24.5 Å². The van der Waals surface area contributed by atoms with Crippen molar-refractivity contribution in [1.29, 1.82) is 0 Å². The first-order chi connectivity index (χ1) is 6.57. The fourth-order valence-electron chi connectivity index (χ4n) is 0.788. The Morgan fingerprint density at radius 1 is 1.29 bits per heavy atom. The Hall–Kier alpha value is -1.14. The highest BCUT2D eigenvalue weighted by molar-refractivity contribution is 5.76. The summed E-state index contributed by atoms with van der Waals surface area (Å²) in [6.07, 6.45) is 2.01. The second-order valence-electron chi connectivity index (χ2n) is 2.87. The minimum Gasteiger partial charge on any atom is -0.330 e. The van der Waals surface area contributed by atoms with E-state index in [2.05, 4.69) is 9.78 Å². The maximum Gasteiger partial charge on any atom is 0.372 e. The number of nitrogens with two attached hydrogens (primary N) is 2. The molecular weight excluding hydrogens is 188 g/mol. The molecule has 0 aliphatic rings. The van der Waals surface area contributed by atoms with Gasteiger partial charge in [-0.15, -0.1) is 0 Å². The van der Waals surface area contributed by atoms with E-state index in [1.54, 1.807) is 0 Å². The molecule has 0 spiro atoms. The average molecular weight is 204 g/mol. The molecule has 0 aromatic carbocycles. The molecule has 14 heavy (non-hydrogen) atoms. The summed E-state index contributed by atoms with van der Waals surface area (Å²) in [5.74, 6) is -1.43. The maximum atomic E-state index is 11.0. The third kappa shape index (κ3) is 6.38. The molecule has 0 saturated carbocycles. The summed E-state index contributed by atoms with van der Waals surface area (Å²) >= 11 is 0. The summed E-state index contributed by atoms with van der Waals surface area (Å²) in [5.41, 5.74) is 10.7. The molecule has 0 saturated heterocycles. The molecule has 0 amide bonds.